The summed E-state index contributed by atoms with van der Waals surface area (Å²) in [5.41, 5.74) is 5.97. The summed E-state index contributed by atoms with van der Waals surface area (Å²) in [6.07, 6.45) is 8.29. The highest BCUT2D eigenvalue weighted by atomic mass is 16.5. The van der Waals surface area contributed by atoms with E-state index < -0.39 is 0 Å². The lowest BCUT2D eigenvalue weighted by Gasteiger charge is -2.31. The van der Waals surface area contributed by atoms with Crippen molar-refractivity contribution >= 4 is 0 Å². The van der Waals surface area contributed by atoms with Gasteiger partial charge in [-0.1, -0.05) is 0 Å². The van der Waals surface area contributed by atoms with Gasteiger partial charge in [0.1, 0.15) is 0 Å². The van der Waals surface area contributed by atoms with Gasteiger partial charge in [-0.05, 0) is 68.7 Å². The normalized spacial score (nSPS) is 27.7. The molecule has 0 amide bonds. The molecule has 0 bridgehead atoms. The molecule has 1 aliphatic heterocycles. The van der Waals surface area contributed by atoms with E-state index in [4.69, 9.17) is 10.5 Å². The van der Waals surface area contributed by atoms with Crippen LogP contribution in [0.5, 0.6) is 0 Å². The van der Waals surface area contributed by atoms with E-state index in [0.717, 1.165) is 43.4 Å². The van der Waals surface area contributed by atoms with Crippen molar-refractivity contribution in [3.63, 3.8) is 0 Å². The van der Waals surface area contributed by atoms with Crippen molar-refractivity contribution in [2.24, 2.45) is 29.4 Å². The molecule has 0 spiro atoms. The molecule has 3 N–H and O–H groups in total. The van der Waals surface area contributed by atoms with Gasteiger partial charge in [0.2, 0.25) is 0 Å². The molecule has 0 radical (unpaired) electrons. The van der Waals surface area contributed by atoms with Gasteiger partial charge in [-0.2, -0.15) is 0 Å². The summed E-state index contributed by atoms with van der Waals surface area (Å²) in [5, 5.41) is 3.80. The van der Waals surface area contributed by atoms with Crippen molar-refractivity contribution in [2.75, 3.05) is 26.3 Å². The molecule has 0 aromatic rings. The van der Waals surface area contributed by atoms with E-state index in [2.05, 4.69) is 5.32 Å². The zero-order valence-electron chi connectivity index (χ0n) is 11.4. The number of rotatable bonds is 7. The lowest BCUT2D eigenvalue weighted by molar-refractivity contribution is 0.0539. The minimum Gasteiger partial charge on any atom is -0.381 e. The Bertz CT molecular complexity index is 245. The Morgan fingerprint density at radius 2 is 1.56 bits per heavy atom. The smallest absolute Gasteiger partial charge is 0.0469 e. The molecule has 3 rings (SSSR count). The number of ether oxygens (including phenoxy) is 1. The minimum absolute atomic E-state index is 0.522. The fourth-order valence-electron chi connectivity index (χ4n) is 3.62. The fraction of sp³-hybridized carbons (Fsp3) is 1.00. The van der Waals surface area contributed by atoms with E-state index >= 15 is 0 Å². The summed E-state index contributed by atoms with van der Waals surface area (Å²) >= 11 is 0. The number of nitrogens with two attached hydrogens (primary N) is 1. The molecule has 104 valence electrons. The quantitative estimate of drug-likeness (QED) is 0.726. The highest BCUT2D eigenvalue weighted by Gasteiger charge is 2.41. The molecule has 0 aromatic heterocycles. The summed E-state index contributed by atoms with van der Waals surface area (Å²) in [7, 11) is 0. The van der Waals surface area contributed by atoms with Crippen LogP contribution in [0.2, 0.25) is 0 Å². The second-order valence-electron chi connectivity index (χ2n) is 6.54. The first-order valence-electron chi connectivity index (χ1n) is 7.89. The number of nitrogens with one attached hydrogen (secondary N) is 1. The lowest BCUT2D eigenvalue weighted by atomic mass is 9.90. The second-order valence-corrected chi connectivity index (χ2v) is 6.54. The predicted molar refractivity (Wildman–Crippen MR) is 73.3 cm³/mol. The van der Waals surface area contributed by atoms with Crippen LogP contribution in [0.1, 0.15) is 38.5 Å². The van der Waals surface area contributed by atoms with E-state index in [1.165, 1.54) is 45.1 Å². The molecule has 3 nitrogen and oxygen atoms in total. The Morgan fingerprint density at radius 3 is 2.06 bits per heavy atom. The molecular weight excluding hydrogens is 224 g/mol. The van der Waals surface area contributed by atoms with Crippen LogP contribution in [0.4, 0.5) is 0 Å². The lowest BCUT2D eigenvalue weighted by Crippen LogP contribution is -2.46. The zero-order valence-corrected chi connectivity index (χ0v) is 11.4. The average Bonchev–Trinajstić information content (AvgIpc) is 3.29. The van der Waals surface area contributed by atoms with Crippen LogP contribution in [0.15, 0.2) is 0 Å². The molecule has 2 saturated carbocycles. The Balaban J connectivity index is 1.46. The van der Waals surface area contributed by atoms with E-state index in [0.29, 0.717) is 6.04 Å². The summed E-state index contributed by atoms with van der Waals surface area (Å²) in [5.74, 6) is 3.78. The Labute approximate surface area is 111 Å². The van der Waals surface area contributed by atoms with Crippen molar-refractivity contribution < 1.29 is 4.74 Å². The first kappa shape index (κ1) is 12.9. The molecule has 1 atom stereocenters. The van der Waals surface area contributed by atoms with Gasteiger partial charge in [-0.3, -0.25) is 0 Å². The molecule has 3 fully saturated rings. The SMILES string of the molecule is NCC(NCC(C1CC1)C1CC1)C1CCOCC1. The van der Waals surface area contributed by atoms with Crippen molar-refractivity contribution in [2.45, 2.75) is 44.6 Å². The first-order chi connectivity index (χ1) is 8.88. The maximum atomic E-state index is 5.97. The van der Waals surface area contributed by atoms with Crippen molar-refractivity contribution in [3.8, 4) is 0 Å². The summed E-state index contributed by atoms with van der Waals surface area (Å²) in [4.78, 5) is 0. The van der Waals surface area contributed by atoms with Crippen LogP contribution in [-0.2, 0) is 4.74 Å². The van der Waals surface area contributed by atoms with Crippen molar-refractivity contribution in [3.05, 3.63) is 0 Å². The molecule has 1 heterocycles. The standard InChI is InChI=1S/C15H28N2O/c16-9-15(13-5-7-18-8-6-13)17-10-14(11-1-2-11)12-3-4-12/h11-15,17H,1-10,16H2. The van der Waals surface area contributed by atoms with Crippen LogP contribution in [-0.4, -0.2) is 32.3 Å². The third kappa shape index (κ3) is 3.25. The topological polar surface area (TPSA) is 47.3 Å². The maximum absolute atomic E-state index is 5.97. The third-order valence-corrected chi connectivity index (χ3v) is 5.16. The Hall–Kier alpha value is -0.120. The highest BCUT2D eigenvalue weighted by Crippen LogP contribution is 2.48. The van der Waals surface area contributed by atoms with Gasteiger partial charge >= 0.3 is 0 Å². The monoisotopic (exact) mass is 252 g/mol. The second kappa shape index (κ2) is 5.89. The van der Waals surface area contributed by atoms with Crippen LogP contribution in [0.25, 0.3) is 0 Å². The van der Waals surface area contributed by atoms with Crippen molar-refractivity contribution in [1.82, 2.24) is 5.32 Å². The largest absolute Gasteiger partial charge is 0.381 e. The molecule has 18 heavy (non-hydrogen) atoms. The minimum atomic E-state index is 0.522. The van der Waals surface area contributed by atoms with Gasteiger partial charge in [-0.25, -0.2) is 0 Å². The molecule has 1 unspecified atom stereocenters. The first-order valence-corrected chi connectivity index (χ1v) is 7.89. The van der Waals surface area contributed by atoms with Gasteiger partial charge in [0, 0.05) is 25.8 Å². The van der Waals surface area contributed by atoms with E-state index in [-0.39, 0.29) is 0 Å². The van der Waals surface area contributed by atoms with Gasteiger partial charge in [0.15, 0.2) is 0 Å². The van der Waals surface area contributed by atoms with Crippen LogP contribution >= 0.6 is 0 Å². The molecule has 0 aromatic carbocycles. The summed E-state index contributed by atoms with van der Waals surface area (Å²) in [6.45, 7) is 3.86. The molecular formula is C15H28N2O. The van der Waals surface area contributed by atoms with Gasteiger partial charge in [0.05, 0.1) is 0 Å². The summed E-state index contributed by atoms with van der Waals surface area (Å²) < 4.78 is 5.45. The highest BCUT2D eigenvalue weighted by molar-refractivity contribution is 4.93. The molecule has 3 aliphatic rings. The number of hydrogen-bond acceptors (Lipinski definition) is 3. The van der Waals surface area contributed by atoms with Crippen molar-refractivity contribution in [1.29, 1.82) is 0 Å². The average molecular weight is 252 g/mol. The van der Waals surface area contributed by atoms with E-state index in [9.17, 15) is 0 Å². The van der Waals surface area contributed by atoms with Crippen LogP contribution in [0.3, 0.4) is 0 Å². The molecule has 3 heteroatoms. The Morgan fingerprint density at radius 1 is 0.944 bits per heavy atom. The molecule has 2 aliphatic carbocycles. The summed E-state index contributed by atoms with van der Waals surface area (Å²) in [6, 6.07) is 0.522. The van der Waals surface area contributed by atoms with Crippen LogP contribution < -0.4 is 11.1 Å². The van der Waals surface area contributed by atoms with E-state index in [1.54, 1.807) is 0 Å². The molecule has 1 saturated heterocycles. The van der Waals surface area contributed by atoms with E-state index in [1.807, 2.05) is 0 Å². The maximum Gasteiger partial charge on any atom is 0.0469 e. The van der Waals surface area contributed by atoms with Gasteiger partial charge in [-0.15, -0.1) is 0 Å². The fourth-order valence-corrected chi connectivity index (χ4v) is 3.62. The van der Waals surface area contributed by atoms with Crippen LogP contribution in [0, 0.1) is 23.7 Å². The third-order valence-electron chi connectivity index (χ3n) is 5.16. The van der Waals surface area contributed by atoms with Gasteiger partial charge < -0.3 is 15.8 Å². The Kier molecular flexibility index (Phi) is 4.22. The predicted octanol–water partition coefficient (Wildman–Crippen LogP) is 1.77. The van der Waals surface area contributed by atoms with Gasteiger partial charge in [0.25, 0.3) is 0 Å². The zero-order chi connectivity index (χ0) is 12.4. The number of hydrogen-bond donors (Lipinski definition) is 2.